The molecule has 12 heavy (non-hydrogen) atoms. The van der Waals surface area contributed by atoms with E-state index >= 15 is 0 Å². The van der Waals surface area contributed by atoms with Gasteiger partial charge in [0.15, 0.2) is 0 Å². The molecule has 0 rings (SSSR count). The minimum Gasteiger partial charge on any atom is -0.389 e. The van der Waals surface area contributed by atoms with Gasteiger partial charge in [-0.2, -0.15) is 0 Å². The van der Waals surface area contributed by atoms with Crippen LogP contribution in [0.2, 0.25) is 0 Å². The Morgan fingerprint density at radius 3 is 2.00 bits per heavy atom. The quantitative estimate of drug-likeness (QED) is 0.704. The summed E-state index contributed by atoms with van der Waals surface area (Å²) in [6.45, 7) is 9.29. The molecule has 0 aliphatic carbocycles. The third-order valence-corrected chi connectivity index (χ3v) is 2.42. The molecular formula is C10H20O2. The lowest BCUT2D eigenvalue weighted by atomic mass is 9.85. The highest BCUT2D eigenvalue weighted by molar-refractivity contribution is 5.81. The summed E-state index contributed by atoms with van der Waals surface area (Å²) in [5, 5.41) is 9.79. The van der Waals surface area contributed by atoms with Crippen molar-refractivity contribution in [1.29, 1.82) is 0 Å². The Morgan fingerprint density at radius 1 is 1.33 bits per heavy atom. The third kappa shape index (κ3) is 3.35. The van der Waals surface area contributed by atoms with Crippen molar-refractivity contribution in [3.05, 3.63) is 0 Å². The van der Waals surface area contributed by atoms with Gasteiger partial charge in [0, 0.05) is 12.3 Å². The molecule has 0 aliphatic rings. The number of carbonyl (C=O) groups excluding carboxylic acids is 1. The predicted molar refractivity (Wildman–Crippen MR) is 49.9 cm³/mol. The van der Waals surface area contributed by atoms with Gasteiger partial charge in [-0.25, -0.2) is 0 Å². The van der Waals surface area contributed by atoms with Crippen molar-refractivity contribution >= 4 is 5.78 Å². The molecule has 0 aromatic carbocycles. The van der Waals surface area contributed by atoms with Gasteiger partial charge in [-0.3, -0.25) is 4.79 Å². The number of aliphatic hydroxyl groups is 1. The second-order valence-electron chi connectivity index (χ2n) is 4.31. The summed E-state index contributed by atoms with van der Waals surface area (Å²) >= 11 is 0. The van der Waals surface area contributed by atoms with Crippen molar-refractivity contribution in [3.8, 4) is 0 Å². The van der Waals surface area contributed by atoms with Gasteiger partial charge in [0.25, 0.3) is 0 Å². The van der Waals surface area contributed by atoms with Crippen LogP contribution in [0.5, 0.6) is 0 Å². The molecule has 0 heterocycles. The number of carbonyl (C=O) groups is 1. The zero-order valence-electron chi connectivity index (χ0n) is 8.72. The van der Waals surface area contributed by atoms with E-state index < -0.39 is 5.60 Å². The molecule has 0 fully saturated rings. The molecule has 0 aliphatic heterocycles. The van der Waals surface area contributed by atoms with E-state index in [9.17, 15) is 9.90 Å². The number of hydrogen-bond acceptors (Lipinski definition) is 2. The summed E-state index contributed by atoms with van der Waals surface area (Å²) in [6, 6.07) is 0. The van der Waals surface area contributed by atoms with Crippen molar-refractivity contribution < 1.29 is 9.90 Å². The molecule has 72 valence electrons. The minimum absolute atomic E-state index is 0.0234. The highest BCUT2D eigenvalue weighted by Gasteiger charge is 2.28. The summed E-state index contributed by atoms with van der Waals surface area (Å²) in [7, 11) is 0. The molecule has 0 spiro atoms. The molecule has 0 saturated carbocycles. The van der Waals surface area contributed by atoms with E-state index in [2.05, 4.69) is 0 Å². The second-order valence-corrected chi connectivity index (χ2v) is 4.31. The monoisotopic (exact) mass is 172 g/mol. The minimum atomic E-state index is -0.846. The summed E-state index contributed by atoms with van der Waals surface area (Å²) in [5.74, 6) is 0.282. The molecule has 0 aromatic heterocycles. The number of Topliss-reactive ketones (excluding diaryl/α,β-unsaturated/α-hetero) is 1. The molecule has 0 bridgehead atoms. The maximum Gasteiger partial charge on any atom is 0.138 e. The normalized spacial score (nSPS) is 16.7. The molecule has 0 saturated heterocycles. The Hall–Kier alpha value is -0.370. The van der Waals surface area contributed by atoms with Crippen LogP contribution in [0.4, 0.5) is 0 Å². The standard InChI is InChI=1S/C10H20O2/c1-7(2)9(11)6-10(5,12)8(3)4/h7-8,12H,6H2,1-5H3. The van der Waals surface area contributed by atoms with Crippen LogP contribution < -0.4 is 0 Å². The average molecular weight is 172 g/mol. The first-order chi connectivity index (χ1) is 5.27. The first-order valence-electron chi connectivity index (χ1n) is 4.52. The van der Waals surface area contributed by atoms with Gasteiger partial charge in [0.1, 0.15) is 5.78 Å². The van der Waals surface area contributed by atoms with Crippen LogP contribution in [0.15, 0.2) is 0 Å². The van der Waals surface area contributed by atoms with Gasteiger partial charge in [-0.05, 0) is 12.8 Å². The van der Waals surface area contributed by atoms with Crippen LogP contribution in [0.3, 0.4) is 0 Å². The van der Waals surface area contributed by atoms with E-state index in [1.165, 1.54) is 0 Å². The lowest BCUT2D eigenvalue weighted by molar-refractivity contribution is -0.127. The van der Waals surface area contributed by atoms with Crippen LogP contribution in [-0.2, 0) is 4.79 Å². The van der Waals surface area contributed by atoms with Gasteiger partial charge >= 0.3 is 0 Å². The molecule has 1 atom stereocenters. The molecule has 1 N–H and O–H groups in total. The van der Waals surface area contributed by atoms with E-state index in [0.717, 1.165) is 0 Å². The van der Waals surface area contributed by atoms with E-state index in [1.54, 1.807) is 6.92 Å². The average Bonchev–Trinajstić information content (AvgIpc) is 1.85. The van der Waals surface area contributed by atoms with Crippen LogP contribution in [0, 0.1) is 11.8 Å². The Morgan fingerprint density at radius 2 is 1.75 bits per heavy atom. The highest BCUT2D eigenvalue weighted by atomic mass is 16.3. The van der Waals surface area contributed by atoms with E-state index in [-0.39, 0.29) is 24.0 Å². The molecule has 0 aromatic rings. The van der Waals surface area contributed by atoms with Crippen molar-refractivity contribution in [1.82, 2.24) is 0 Å². The molecule has 0 amide bonds. The maximum absolute atomic E-state index is 11.3. The fraction of sp³-hybridized carbons (Fsp3) is 0.900. The SMILES string of the molecule is CC(C)C(=O)CC(C)(O)C(C)C. The molecule has 0 radical (unpaired) electrons. The smallest absolute Gasteiger partial charge is 0.138 e. The fourth-order valence-electron chi connectivity index (χ4n) is 0.761. The Labute approximate surface area is 75.0 Å². The number of rotatable bonds is 4. The van der Waals surface area contributed by atoms with Crippen LogP contribution in [0.1, 0.15) is 41.0 Å². The van der Waals surface area contributed by atoms with Gasteiger partial charge in [0.05, 0.1) is 5.60 Å². The van der Waals surface area contributed by atoms with Crippen molar-refractivity contribution in [2.75, 3.05) is 0 Å². The zero-order valence-corrected chi connectivity index (χ0v) is 8.72. The Bertz CT molecular complexity index is 157. The lowest BCUT2D eigenvalue weighted by Crippen LogP contribution is -2.34. The van der Waals surface area contributed by atoms with Crippen molar-refractivity contribution in [3.63, 3.8) is 0 Å². The second kappa shape index (κ2) is 4.04. The Kier molecular flexibility index (Phi) is 3.91. The molecule has 2 heteroatoms. The van der Waals surface area contributed by atoms with Gasteiger partial charge < -0.3 is 5.11 Å². The van der Waals surface area contributed by atoms with E-state index in [4.69, 9.17) is 0 Å². The van der Waals surface area contributed by atoms with Crippen LogP contribution >= 0.6 is 0 Å². The molecule has 1 unspecified atom stereocenters. The third-order valence-electron chi connectivity index (χ3n) is 2.42. The predicted octanol–water partition coefficient (Wildman–Crippen LogP) is 2.01. The summed E-state index contributed by atoms with van der Waals surface area (Å²) in [4.78, 5) is 11.3. The summed E-state index contributed by atoms with van der Waals surface area (Å²) in [6.07, 6.45) is 0.266. The number of hydrogen-bond donors (Lipinski definition) is 1. The van der Waals surface area contributed by atoms with E-state index in [1.807, 2.05) is 27.7 Å². The molecule has 2 nitrogen and oxygen atoms in total. The van der Waals surface area contributed by atoms with Gasteiger partial charge in [0.2, 0.25) is 0 Å². The zero-order chi connectivity index (χ0) is 9.94. The number of ketones is 1. The van der Waals surface area contributed by atoms with E-state index in [0.29, 0.717) is 0 Å². The van der Waals surface area contributed by atoms with Gasteiger partial charge in [-0.15, -0.1) is 0 Å². The fourth-order valence-corrected chi connectivity index (χ4v) is 0.761. The lowest BCUT2D eigenvalue weighted by Gasteiger charge is -2.27. The topological polar surface area (TPSA) is 37.3 Å². The first kappa shape index (κ1) is 11.6. The van der Waals surface area contributed by atoms with Crippen LogP contribution in [-0.4, -0.2) is 16.5 Å². The molecular weight excluding hydrogens is 152 g/mol. The van der Waals surface area contributed by atoms with Crippen molar-refractivity contribution in [2.24, 2.45) is 11.8 Å². The first-order valence-corrected chi connectivity index (χ1v) is 4.52. The largest absolute Gasteiger partial charge is 0.389 e. The van der Waals surface area contributed by atoms with Crippen LogP contribution in [0.25, 0.3) is 0 Å². The summed E-state index contributed by atoms with van der Waals surface area (Å²) in [5.41, 5.74) is -0.846. The Balaban J connectivity index is 4.15. The summed E-state index contributed by atoms with van der Waals surface area (Å²) < 4.78 is 0. The van der Waals surface area contributed by atoms with Gasteiger partial charge in [-0.1, -0.05) is 27.7 Å². The maximum atomic E-state index is 11.3. The van der Waals surface area contributed by atoms with Crippen molar-refractivity contribution in [2.45, 2.75) is 46.6 Å². The highest BCUT2D eigenvalue weighted by Crippen LogP contribution is 2.21.